The van der Waals surface area contributed by atoms with Crippen molar-refractivity contribution in [3.63, 3.8) is 0 Å². The molecule has 0 N–H and O–H groups in total. The first-order chi connectivity index (χ1) is 16.7. The lowest BCUT2D eigenvalue weighted by molar-refractivity contribution is -0.136. The molecule has 2 aromatic carbocycles. The van der Waals surface area contributed by atoms with Crippen molar-refractivity contribution in [1.29, 1.82) is 0 Å². The molecule has 174 valence electrons. The van der Waals surface area contributed by atoms with Gasteiger partial charge in [0.05, 0.1) is 12.2 Å². The summed E-state index contributed by atoms with van der Waals surface area (Å²) in [5.74, 6) is -0.0492. The molecule has 0 saturated carbocycles. The highest BCUT2D eigenvalue weighted by Gasteiger charge is 2.57. The van der Waals surface area contributed by atoms with Gasteiger partial charge in [-0.2, -0.15) is 0 Å². The third kappa shape index (κ3) is 4.46. The number of urea groups is 1. The van der Waals surface area contributed by atoms with Crippen LogP contribution in [0.2, 0.25) is 0 Å². The van der Waals surface area contributed by atoms with Crippen molar-refractivity contribution in [2.24, 2.45) is 0 Å². The normalized spacial score (nSPS) is 18.1. The van der Waals surface area contributed by atoms with Crippen LogP contribution in [-0.2, 0) is 24.3 Å². The second-order valence-electron chi connectivity index (χ2n) is 9.18. The second kappa shape index (κ2) is 9.77. The van der Waals surface area contributed by atoms with E-state index in [1.807, 2.05) is 77.8 Å². The Labute approximate surface area is 200 Å². The summed E-state index contributed by atoms with van der Waals surface area (Å²) in [6.07, 6.45) is 3.83. The molecular formula is C28H30N4O2. The van der Waals surface area contributed by atoms with Crippen LogP contribution >= 0.6 is 0 Å². The first-order valence-corrected chi connectivity index (χ1v) is 12.0. The molecule has 6 heteroatoms. The van der Waals surface area contributed by atoms with E-state index in [0.29, 0.717) is 25.9 Å². The molecule has 3 amide bonds. The number of imide groups is 1. The smallest absolute Gasteiger partial charge is 0.309 e. The van der Waals surface area contributed by atoms with Crippen LogP contribution in [0.3, 0.4) is 0 Å². The average Bonchev–Trinajstić information content (AvgIpc) is 3.07. The molecule has 2 saturated heterocycles. The van der Waals surface area contributed by atoms with E-state index in [-0.39, 0.29) is 11.9 Å². The van der Waals surface area contributed by atoms with Crippen LogP contribution in [0.25, 0.3) is 0 Å². The molecule has 5 rings (SSSR count). The Morgan fingerprint density at radius 1 is 0.765 bits per heavy atom. The second-order valence-corrected chi connectivity index (χ2v) is 9.18. The highest BCUT2D eigenvalue weighted by molar-refractivity contribution is 6.07. The number of hydrogen-bond acceptors (Lipinski definition) is 4. The summed E-state index contributed by atoms with van der Waals surface area (Å²) in [6.45, 7) is 3.14. The van der Waals surface area contributed by atoms with Crippen molar-refractivity contribution < 1.29 is 9.59 Å². The van der Waals surface area contributed by atoms with E-state index >= 15 is 0 Å². The number of likely N-dealkylation sites (tertiary alicyclic amines) is 1. The maximum Gasteiger partial charge on any atom is 0.328 e. The quantitative estimate of drug-likeness (QED) is 0.504. The standard InChI is InChI=1S/C28H30N4O2/c33-26-28(15-19-30(20-16-28)22-25-13-7-8-17-29-25)32(18-14-23-9-3-1-4-10-23)27(34)31(26)21-24-11-5-2-6-12-24/h1-13,17H,14-16,18-22H2. The molecule has 2 aliphatic rings. The third-order valence-corrected chi connectivity index (χ3v) is 7.07. The first-order valence-electron chi connectivity index (χ1n) is 12.0. The van der Waals surface area contributed by atoms with Crippen LogP contribution in [0.4, 0.5) is 4.79 Å². The molecule has 0 aliphatic carbocycles. The number of piperidine rings is 1. The third-order valence-electron chi connectivity index (χ3n) is 7.07. The first kappa shape index (κ1) is 22.3. The molecule has 1 aromatic heterocycles. The minimum absolute atomic E-state index is 0.0492. The summed E-state index contributed by atoms with van der Waals surface area (Å²) in [5, 5.41) is 0. The molecule has 0 atom stereocenters. The maximum atomic E-state index is 13.8. The highest BCUT2D eigenvalue weighted by Crippen LogP contribution is 2.38. The lowest BCUT2D eigenvalue weighted by atomic mass is 9.85. The summed E-state index contributed by atoms with van der Waals surface area (Å²) < 4.78 is 0. The molecule has 3 aromatic rings. The number of benzene rings is 2. The van der Waals surface area contributed by atoms with E-state index in [1.54, 1.807) is 0 Å². The summed E-state index contributed by atoms with van der Waals surface area (Å²) in [4.78, 5) is 37.5. The monoisotopic (exact) mass is 454 g/mol. The van der Waals surface area contributed by atoms with E-state index in [1.165, 1.54) is 10.5 Å². The van der Waals surface area contributed by atoms with Gasteiger partial charge in [-0.25, -0.2) is 4.79 Å². The van der Waals surface area contributed by atoms with Gasteiger partial charge >= 0.3 is 6.03 Å². The molecule has 0 unspecified atom stereocenters. The summed E-state index contributed by atoms with van der Waals surface area (Å²) >= 11 is 0. The van der Waals surface area contributed by atoms with Crippen LogP contribution in [0.5, 0.6) is 0 Å². The van der Waals surface area contributed by atoms with Gasteiger partial charge in [0.1, 0.15) is 5.54 Å². The van der Waals surface area contributed by atoms with Crippen molar-refractivity contribution in [3.05, 3.63) is 102 Å². The highest BCUT2D eigenvalue weighted by atomic mass is 16.2. The molecular weight excluding hydrogens is 424 g/mol. The fourth-order valence-electron chi connectivity index (χ4n) is 5.17. The molecule has 1 spiro atoms. The van der Waals surface area contributed by atoms with Gasteiger partial charge in [-0.15, -0.1) is 0 Å². The van der Waals surface area contributed by atoms with Gasteiger partial charge in [-0.05, 0) is 42.5 Å². The maximum absolute atomic E-state index is 13.8. The number of amides is 3. The summed E-state index contributed by atoms with van der Waals surface area (Å²) in [7, 11) is 0. The molecule has 2 aliphatic heterocycles. The van der Waals surface area contributed by atoms with Crippen molar-refractivity contribution in [1.82, 2.24) is 19.7 Å². The Morgan fingerprint density at radius 3 is 2.06 bits per heavy atom. The Hall–Kier alpha value is -3.51. The van der Waals surface area contributed by atoms with Crippen LogP contribution in [-0.4, -0.2) is 56.8 Å². The van der Waals surface area contributed by atoms with Crippen molar-refractivity contribution in [2.45, 2.75) is 37.9 Å². The zero-order chi connectivity index (χ0) is 23.4. The number of aromatic nitrogens is 1. The van der Waals surface area contributed by atoms with Gasteiger partial charge in [0.2, 0.25) is 0 Å². The van der Waals surface area contributed by atoms with Crippen LogP contribution < -0.4 is 0 Å². The molecule has 0 radical (unpaired) electrons. The fourth-order valence-corrected chi connectivity index (χ4v) is 5.17. The van der Waals surface area contributed by atoms with E-state index in [9.17, 15) is 9.59 Å². The number of carbonyl (C=O) groups excluding carboxylic acids is 2. The van der Waals surface area contributed by atoms with Gasteiger partial charge in [0, 0.05) is 32.4 Å². The zero-order valence-electron chi connectivity index (χ0n) is 19.3. The molecule has 0 bridgehead atoms. The van der Waals surface area contributed by atoms with Crippen LogP contribution in [0.1, 0.15) is 29.7 Å². The number of pyridine rings is 1. The predicted molar refractivity (Wildman–Crippen MR) is 131 cm³/mol. The zero-order valence-corrected chi connectivity index (χ0v) is 19.3. The summed E-state index contributed by atoms with van der Waals surface area (Å²) in [5.41, 5.74) is 2.41. The van der Waals surface area contributed by atoms with Gasteiger partial charge in [0.25, 0.3) is 5.91 Å². The SMILES string of the molecule is O=C1N(Cc2ccccc2)C(=O)C2(CCN(Cc3ccccn3)CC2)N1CCc1ccccc1. The number of carbonyl (C=O) groups is 2. The van der Waals surface area contributed by atoms with Gasteiger partial charge in [0.15, 0.2) is 0 Å². The predicted octanol–water partition coefficient (Wildman–Crippen LogP) is 4.12. The number of rotatable bonds is 7. The van der Waals surface area contributed by atoms with Crippen molar-refractivity contribution in [2.75, 3.05) is 19.6 Å². The van der Waals surface area contributed by atoms with E-state index in [0.717, 1.165) is 37.3 Å². The lowest BCUT2D eigenvalue weighted by Crippen LogP contribution is -2.56. The van der Waals surface area contributed by atoms with E-state index in [2.05, 4.69) is 22.0 Å². The average molecular weight is 455 g/mol. The topological polar surface area (TPSA) is 56.8 Å². The fraction of sp³-hybridized carbons (Fsp3) is 0.321. The van der Waals surface area contributed by atoms with Crippen LogP contribution in [0, 0.1) is 0 Å². The number of hydrogen-bond donors (Lipinski definition) is 0. The summed E-state index contributed by atoms with van der Waals surface area (Å²) in [6, 6.07) is 25.7. The largest absolute Gasteiger partial charge is 0.328 e. The minimum atomic E-state index is -0.763. The van der Waals surface area contributed by atoms with Gasteiger partial charge in [-0.3, -0.25) is 19.6 Å². The number of nitrogens with zero attached hydrogens (tertiary/aromatic N) is 4. The Balaban J connectivity index is 1.35. The molecule has 34 heavy (non-hydrogen) atoms. The Morgan fingerprint density at radius 2 is 1.41 bits per heavy atom. The Bertz CT molecular complexity index is 1110. The van der Waals surface area contributed by atoms with E-state index < -0.39 is 5.54 Å². The van der Waals surface area contributed by atoms with E-state index in [4.69, 9.17) is 0 Å². The Kier molecular flexibility index (Phi) is 6.41. The van der Waals surface area contributed by atoms with Crippen molar-refractivity contribution in [3.8, 4) is 0 Å². The molecule has 2 fully saturated rings. The molecule has 3 heterocycles. The van der Waals surface area contributed by atoms with Gasteiger partial charge in [-0.1, -0.05) is 66.7 Å². The van der Waals surface area contributed by atoms with Crippen LogP contribution in [0.15, 0.2) is 85.1 Å². The molecule has 6 nitrogen and oxygen atoms in total. The van der Waals surface area contributed by atoms with Crippen molar-refractivity contribution >= 4 is 11.9 Å². The van der Waals surface area contributed by atoms with Gasteiger partial charge < -0.3 is 4.90 Å². The minimum Gasteiger partial charge on any atom is -0.309 e. The lowest BCUT2D eigenvalue weighted by Gasteiger charge is -2.42.